The van der Waals surface area contributed by atoms with Gasteiger partial charge in [0, 0.05) is 0 Å². The maximum absolute atomic E-state index is 11.4. The van der Waals surface area contributed by atoms with Gasteiger partial charge in [0.25, 0.3) is 0 Å². The molecule has 0 fully saturated rings. The molecule has 4 heteroatoms. The molecule has 0 spiro atoms. The zero-order valence-electron chi connectivity index (χ0n) is 8.44. The molecule has 2 rings (SSSR count). The summed E-state index contributed by atoms with van der Waals surface area (Å²) in [6.45, 7) is 0. The molecule has 0 aromatic heterocycles. The number of sulfone groups is 1. The van der Waals surface area contributed by atoms with E-state index in [0.717, 1.165) is 24.8 Å². The molecule has 1 N–H and O–H groups in total. The van der Waals surface area contributed by atoms with Crippen LogP contribution in [0.1, 0.15) is 24.0 Å². The van der Waals surface area contributed by atoms with E-state index in [1.165, 1.54) is 12.0 Å². The first-order valence-corrected chi connectivity index (χ1v) is 6.74. The summed E-state index contributed by atoms with van der Waals surface area (Å²) in [5, 5.41) is 8.76. The van der Waals surface area contributed by atoms with Gasteiger partial charge in [-0.05, 0) is 48.9 Å². The molecule has 0 heterocycles. The Labute approximate surface area is 89.7 Å². The predicted molar refractivity (Wildman–Crippen MR) is 57.4 cm³/mol. The van der Waals surface area contributed by atoms with E-state index in [9.17, 15) is 8.42 Å². The van der Waals surface area contributed by atoms with Gasteiger partial charge in [-0.2, -0.15) is 0 Å². The third-order valence-corrected chi connectivity index (χ3v) is 4.16. The Hall–Kier alpha value is -0.870. The van der Waals surface area contributed by atoms with Crippen molar-refractivity contribution >= 4 is 9.84 Å². The highest BCUT2D eigenvalue weighted by atomic mass is 32.2. The molecule has 1 aromatic rings. The number of rotatable bonds is 2. The largest absolute Gasteiger partial charge is 0.380 e. The zero-order chi connectivity index (χ0) is 10.9. The molecule has 0 bridgehead atoms. The smallest absolute Gasteiger partial charge is 0.202 e. The summed E-state index contributed by atoms with van der Waals surface area (Å²) in [5.41, 5.74) is 2.37. The van der Waals surface area contributed by atoms with Gasteiger partial charge >= 0.3 is 0 Å². The minimum Gasteiger partial charge on any atom is -0.380 e. The van der Waals surface area contributed by atoms with Gasteiger partial charge in [-0.3, -0.25) is 0 Å². The van der Waals surface area contributed by atoms with Crippen LogP contribution in [0.3, 0.4) is 0 Å². The van der Waals surface area contributed by atoms with Crippen LogP contribution in [-0.4, -0.2) is 19.5 Å². The van der Waals surface area contributed by atoms with Crippen LogP contribution in [0.2, 0.25) is 0 Å². The fraction of sp³-hybridized carbons (Fsp3) is 0.455. The minimum atomic E-state index is -3.48. The molecular weight excluding hydrogens is 212 g/mol. The van der Waals surface area contributed by atoms with Crippen LogP contribution in [0.25, 0.3) is 0 Å². The third-order valence-electron chi connectivity index (χ3n) is 2.85. The van der Waals surface area contributed by atoms with Crippen molar-refractivity contribution in [2.75, 3.05) is 5.94 Å². The second kappa shape index (κ2) is 3.94. The third kappa shape index (κ3) is 2.06. The van der Waals surface area contributed by atoms with Crippen molar-refractivity contribution in [3.63, 3.8) is 0 Å². The number of hydrogen-bond acceptors (Lipinski definition) is 3. The van der Waals surface area contributed by atoms with E-state index in [2.05, 4.69) is 0 Å². The molecule has 3 nitrogen and oxygen atoms in total. The van der Waals surface area contributed by atoms with Gasteiger partial charge in [0.05, 0.1) is 4.90 Å². The van der Waals surface area contributed by atoms with Gasteiger partial charge in [0.15, 0.2) is 0 Å². The lowest BCUT2D eigenvalue weighted by Crippen LogP contribution is -2.09. The maximum Gasteiger partial charge on any atom is 0.202 e. The number of aryl methyl sites for hydroxylation is 2. The Morgan fingerprint density at radius 3 is 2.47 bits per heavy atom. The standard InChI is InChI=1S/C11H14O3S/c12-8-15(13,14)11-6-5-9-3-1-2-4-10(9)7-11/h5-7,12H,1-4,8H2. The lowest BCUT2D eigenvalue weighted by molar-refractivity contribution is 0.358. The first kappa shape index (κ1) is 10.6. The molecule has 0 saturated carbocycles. The summed E-state index contributed by atoms with van der Waals surface area (Å²) in [7, 11) is -3.48. The minimum absolute atomic E-state index is 0.241. The van der Waals surface area contributed by atoms with E-state index in [1.807, 2.05) is 6.07 Å². The lowest BCUT2D eigenvalue weighted by Gasteiger charge is -2.16. The molecule has 15 heavy (non-hydrogen) atoms. The van der Waals surface area contributed by atoms with Crippen molar-refractivity contribution in [1.29, 1.82) is 0 Å². The van der Waals surface area contributed by atoms with Crippen LogP contribution in [-0.2, 0) is 22.7 Å². The van der Waals surface area contributed by atoms with Gasteiger partial charge in [-0.25, -0.2) is 8.42 Å². The average Bonchev–Trinajstić information content (AvgIpc) is 2.28. The highest BCUT2D eigenvalue weighted by Gasteiger charge is 2.16. The van der Waals surface area contributed by atoms with Crippen LogP contribution in [0, 0.1) is 0 Å². The van der Waals surface area contributed by atoms with Gasteiger partial charge in [-0.1, -0.05) is 6.07 Å². The number of aliphatic hydroxyl groups is 1. The van der Waals surface area contributed by atoms with E-state index >= 15 is 0 Å². The molecule has 82 valence electrons. The van der Waals surface area contributed by atoms with Crippen LogP contribution in [0.4, 0.5) is 0 Å². The Kier molecular flexibility index (Phi) is 2.80. The van der Waals surface area contributed by atoms with Gasteiger partial charge in [0.1, 0.15) is 5.94 Å². The van der Waals surface area contributed by atoms with Crippen molar-refractivity contribution in [1.82, 2.24) is 0 Å². The Bertz CT molecular complexity index is 463. The van der Waals surface area contributed by atoms with Crippen molar-refractivity contribution in [2.24, 2.45) is 0 Å². The number of hydrogen-bond donors (Lipinski definition) is 1. The molecule has 0 aliphatic heterocycles. The van der Waals surface area contributed by atoms with Crippen molar-refractivity contribution in [3.05, 3.63) is 29.3 Å². The monoisotopic (exact) mass is 226 g/mol. The van der Waals surface area contributed by atoms with Crippen molar-refractivity contribution in [2.45, 2.75) is 30.6 Å². The molecule has 0 saturated heterocycles. The first-order valence-electron chi connectivity index (χ1n) is 5.09. The van der Waals surface area contributed by atoms with Crippen LogP contribution >= 0.6 is 0 Å². The SMILES string of the molecule is O=S(=O)(CO)c1ccc2c(c1)CCCC2. The second-order valence-corrected chi connectivity index (χ2v) is 5.84. The Morgan fingerprint density at radius 2 is 1.80 bits per heavy atom. The van der Waals surface area contributed by atoms with Gasteiger partial charge < -0.3 is 5.11 Å². The molecule has 0 unspecified atom stereocenters. The van der Waals surface area contributed by atoms with E-state index in [4.69, 9.17) is 5.11 Å². The van der Waals surface area contributed by atoms with Crippen molar-refractivity contribution in [3.8, 4) is 0 Å². The quantitative estimate of drug-likeness (QED) is 0.826. The van der Waals surface area contributed by atoms with Crippen LogP contribution in [0.5, 0.6) is 0 Å². The molecule has 1 aliphatic rings. The molecule has 0 amide bonds. The molecule has 0 atom stereocenters. The second-order valence-electron chi connectivity index (χ2n) is 3.88. The summed E-state index contributed by atoms with van der Waals surface area (Å²) < 4.78 is 22.9. The number of fused-ring (bicyclic) bond motifs is 1. The number of aliphatic hydroxyl groups excluding tert-OH is 1. The lowest BCUT2D eigenvalue weighted by atomic mass is 9.92. The highest BCUT2D eigenvalue weighted by molar-refractivity contribution is 7.91. The summed E-state index contributed by atoms with van der Waals surface area (Å²) in [4.78, 5) is 0.241. The highest BCUT2D eigenvalue weighted by Crippen LogP contribution is 2.24. The number of benzene rings is 1. The fourth-order valence-electron chi connectivity index (χ4n) is 1.98. The van der Waals surface area contributed by atoms with Gasteiger partial charge in [-0.15, -0.1) is 0 Å². The Morgan fingerprint density at radius 1 is 1.13 bits per heavy atom. The summed E-state index contributed by atoms with van der Waals surface area (Å²) >= 11 is 0. The topological polar surface area (TPSA) is 54.4 Å². The van der Waals surface area contributed by atoms with Crippen LogP contribution in [0.15, 0.2) is 23.1 Å². The maximum atomic E-state index is 11.4. The fourth-order valence-corrected chi connectivity index (χ4v) is 2.72. The average molecular weight is 226 g/mol. The zero-order valence-corrected chi connectivity index (χ0v) is 9.26. The molecule has 0 radical (unpaired) electrons. The van der Waals surface area contributed by atoms with E-state index < -0.39 is 15.8 Å². The Balaban J connectivity index is 2.45. The summed E-state index contributed by atoms with van der Waals surface area (Å²) in [5.74, 6) is -0.814. The molecule has 1 aliphatic carbocycles. The van der Waals surface area contributed by atoms with Crippen LogP contribution < -0.4 is 0 Å². The normalized spacial score (nSPS) is 16.1. The van der Waals surface area contributed by atoms with Gasteiger partial charge in [0.2, 0.25) is 9.84 Å². The van der Waals surface area contributed by atoms with Crippen molar-refractivity contribution < 1.29 is 13.5 Å². The van der Waals surface area contributed by atoms with E-state index in [0.29, 0.717) is 0 Å². The summed E-state index contributed by atoms with van der Waals surface area (Å²) in [6, 6.07) is 5.17. The predicted octanol–water partition coefficient (Wildman–Crippen LogP) is 1.29. The van der Waals surface area contributed by atoms with E-state index in [1.54, 1.807) is 12.1 Å². The van der Waals surface area contributed by atoms with E-state index in [-0.39, 0.29) is 4.90 Å². The first-order chi connectivity index (χ1) is 7.13. The summed E-state index contributed by atoms with van der Waals surface area (Å²) in [6.07, 6.45) is 4.29. The molecular formula is C11H14O3S. The molecule has 1 aromatic carbocycles.